The van der Waals surface area contributed by atoms with E-state index in [2.05, 4.69) is 22.3 Å². The highest BCUT2D eigenvalue weighted by molar-refractivity contribution is 5.69. The molecule has 6 heteroatoms. The van der Waals surface area contributed by atoms with Crippen LogP contribution in [0, 0.1) is 13.8 Å². The smallest absolute Gasteiger partial charge is 0.307 e. The first-order valence-electron chi connectivity index (χ1n) is 7.23. The lowest BCUT2D eigenvalue weighted by Crippen LogP contribution is -2.24. The van der Waals surface area contributed by atoms with Gasteiger partial charge in [-0.1, -0.05) is 0 Å². The Kier molecular flexibility index (Phi) is 4.90. The van der Waals surface area contributed by atoms with Crippen LogP contribution in [-0.4, -0.2) is 33.7 Å². The molecule has 0 aliphatic carbocycles. The molecule has 0 fully saturated rings. The van der Waals surface area contributed by atoms with Gasteiger partial charge in [-0.15, -0.1) is 0 Å². The SMILES string of the molecule is CCOC(=O)CCNC(C)c1cnc2cc(C)nn2c1C. The van der Waals surface area contributed by atoms with Crippen molar-refractivity contribution in [3.05, 3.63) is 29.2 Å². The molecule has 0 radical (unpaired) electrons. The molecule has 0 bridgehead atoms. The molecule has 6 nitrogen and oxygen atoms in total. The van der Waals surface area contributed by atoms with Gasteiger partial charge in [0.25, 0.3) is 0 Å². The van der Waals surface area contributed by atoms with Crippen LogP contribution >= 0.6 is 0 Å². The van der Waals surface area contributed by atoms with Crippen LogP contribution < -0.4 is 5.32 Å². The van der Waals surface area contributed by atoms with Crippen molar-refractivity contribution in [2.45, 2.75) is 40.2 Å². The molecular weight excluding hydrogens is 268 g/mol. The zero-order valence-corrected chi connectivity index (χ0v) is 13.0. The molecule has 0 aromatic carbocycles. The predicted octanol–water partition coefficient (Wildman–Crippen LogP) is 1.95. The monoisotopic (exact) mass is 290 g/mol. The van der Waals surface area contributed by atoms with Crippen molar-refractivity contribution >= 4 is 11.6 Å². The van der Waals surface area contributed by atoms with Gasteiger partial charge in [-0.05, 0) is 27.7 Å². The Bertz CT molecular complexity index is 636. The van der Waals surface area contributed by atoms with E-state index in [1.54, 1.807) is 0 Å². The van der Waals surface area contributed by atoms with E-state index in [1.165, 1.54) is 0 Å². The lowest BCUT2D eigenvalue weighted by atomic mass is 10.1. The summed E-state index contributed by atoms with van der Waals surface area (Å²) in [6, 6.07) is 2.05. The molecule has 0 saturated heterocycles. The maximum atomic E-state index is 11.3. The topological polar surface area (TPSA) is 68.5 Å². The molecule has 1 unspecified atom stereocenters. The standard InChI is InChI=1S/C15H22N4O2/c1-5-21-15(20)6-7-16-11(3)13-9-17-14-8-10(2)18-19(14)12(13)4/h8-9,11,16H,5-7H2,1-4H3. The molecule has 0 amide bonds. The van der Waals surface area contributed by atoms with Gasteiger partial charge >= 0.3 is 5.97 Å². The third kappa shape index (κ3) is 3.58. The summed E-state index contributed by atoms with van der Waals surface area (Å²) < 4.78 is 6.76. The van der Waals surface area contributed by atoms with Crippen LogP contribution in [0.2, 0.25) is 0 Å². The molecule has 21 heavy (non-hydrogen) atoms. The summed E-state index contributed by atoms with van der Waals surface area (Å²) in [6.07, 6.45) is 2.24. The van der Waals surface area contributed by atoms with Crippen molar-refractivity contribution < 1.29 is 9.53 Å². The van der Waals surface area contributed by atoms with E-state index in [1.807, 2.05) is 37.5 Å². The molecule has 2 aromatic heterocycles. The number of aryl methyl sites for hydroxylation is 2. The van der Waals surface area contributed by atoms with E-state index < -0.39 is 0 Å². The molecule has 0 aliphatic heterocycles. The fourth-order valence-corrected chi connectivity index (χ4v) is 2.33. The van der Waals surface area contributed by atoms with E-state index in [0.29, 0.717) is 19.6 Å². The number of esters is 1. The Morgan fingerprint density at radius 1 is 1.48 bits per heavy atom. The number of aromatic nitrogens is 3. The van der Waals surface area contributed by atoms with Gasteiger partial charge in [0, 0.05) is 36.1 Å². The van der Waals surface area contributed by atoms with Gasteiger partial charge in [0.15, 0.2) is 5.65 Å². The molecule has 1 atom stereocenters. The average Bonchev–Trinajstić information content (AvgIpc) is 2.81. The Hall–Kier alpha value is -1.95. The highest BCUT2D eigenvalue weighted by Crippen LogP contribution is 2.17. The lowest BCUT2D eigenvalue weighted by Gasteiger charge is -2.16. The number of fused-ring (bicyclic) bond motifs is 1. The van der Waals surface area contributed by atoms with Crippen LogP contribution in [0.1, 0.15) is 43.3 Å². The summed E-state index contributed by atoms with van der Waals surface area (Å²) in [4.78, 5) is 15.7. The Morgan fingerprint density at radius 2 is 2.24 bits per heavy atom. The summed E-state index contributed by atoms with van der Waals surface area (Å²) in [7, 11) is 0. The van der Waals surface area contributed by atoms with Crippen molar-refractivity contribution in [3.63, 3.8) is 0 Å². The van der Waals surface area contributed by atoms with Crippen LogP contribution in [0.25, 0.3) is 5.65 Å². The second kappa shape index (κ2) is 6.67. The fourth-order valence-electron chi connectivity index (χ4n) is 2.33. The Balaban J connectivity index is 2.04. The predicted molar refractivity (Wildman–Crippen MR) is 80.1 cm³/mol. The van der Waals surface area contributed by atoms with Crippen molar-refractivity contribution in [2.75, 3.05) is 13.2 Å². The highest BCUT2D eigenvalue weighted by atomic mass is 16.5. The Morgan fingerprint density at radius 3 is 2.95 bits per heavy atom. The molecule has 1 N–H and O–H groups in total. The van der Waals surface area contributed by atoms with Crippen LogP contribution in [0.3, 0.4) is 0 Å². The van der Waals surface area contributed by atoms with Crippen molar-refractivity contribution in [3.8, 4) is 0 Å². The van der Waals surface area contributed by atoms with Crippen LogP contribution in [0.5, 0.6) is 0 Å². The first-order valence-corrected chi connectivity index (χ1v) is 7.23. The van der Waals surface area contributed by atoms with Gasteiger partial charge in [-0.25, -0.2) is 9.50 Å². The molecule has 2 heterocycles. The Labute approximate surface area is 124 Å². The molecule has 2 rings (SSSR count). The third-order valence-electron chi connectivity index (χ3n) is 3.44. The first kappa shape index (κ1) is 15.4. The normalized spacial score (nSPS) is 12.6. The number of hydrogen-bond acceptors (Lipinski definition) is 5. The molecule has 114 valence electrons. The maximum absolute atomic E-state index is 11.3. The van der Waals surface area contributed by atoms with Gasteiger partial charge in [0.1, 0.15) is 0 Å². The van der Waals surface area contributed by atoms with E-state index in [-0.39, 0.29) is 12.0 Å². The van der Waals surface area contributed by atoms with Crippen LogP contribution in [-0.2, 0) is 9.53 Å². The van der Waals surface area contributed by atoms with Gasteiger partial charge in [-0.3, -0.25) is 4.79 Å². The van der Waals surface area contributed by atoms with E-state index in [4.69, 9.17) is 4.74 Å². The molecule has 2 aromatic rings. The van der Waals surface area contributed by atoms with Gasteiger partial charge in [0.2, 0.25) is 0 Å². The minimum absolute atomic E-state index is 0.0980. The summed E-state index contributed by atoms with van der Waals surface area (Å²) in [5, 5.41) is 7.76. The number of carbonyl (C=O) groups excluding carboxylic acids is 1. The minimum Gasteiger partial charge on any atom is -0.466 e. The summed E-state index contributed by atoms with van der Waals surface area (Å²) in [6.45, 7) is 8.85. The highest BCUT2D eigenvalue weighted by Gasteiger charge is 2.13. The number of ether oxygens (including phenoxy) is 1. The molecule has 0 aliphatic rings. The zero-order chi connectivity index (χ0) is 15.4. The van der Waals surface area contributed by atoms with Crippen LogP contribution in [0.15, 0.2) is 12.3 Å². The van der Waals surface area contributed by atoms with E-state index in [9.17, 15) is 4.79 Å². The quantitative estimate of drug-likeness (QED) is 0.824. The number of rotatable bonds is 6. The van der Waals surface area contributed by atoms with Crippen LogP contribution in [0.4, 0.5) is 0 Å². The molecule has 0 spiro atoms. The summed E-state index contributed by atoms with van der Waals surface area (Å²) in [5.41, 5.74) is 3.94. The number of hydrogen-bond donors (Lipinski definition) is 1. The van der Waals surface area contributed by atoms with Crippen molar-refractivity contribution in [1.82, 2.24) is 19.9 Å². The van der Waals surface area contributed by atoms with Crippen molar-refractivity contribution in [1.29, 1.82) is 0 Å². The zero-order valence-electron chi connectivity index (χ0n) is 13.0. The number of nitrogens with one attached hydrogen (secondary N) is 1. The summed E-state index contributed by atoms with van der Waals surface area (Å²) in [5.74, 6) is -0.176. The number of carbonyl (C=O) groups is 1. The largest absolute Gasteiger partial charge is 0.466 e. The average molecular weight is 290 g/mol. The van der Waals surface area contributed by atoms with E-state index >= 15 is 0 Å². The fraction of sp³-hybridized carbons (Fsp3) is 0.533. The van der Waals surface area contributed by atoms with Crippen molar-refractivity contribution in [2.24, 2.45) is 0 Å². The molecular formula is C15H22N4O2. The maximum Gasteiger partial charge on any atom is 0.307 e. The van der Waals surface area contributed by atoms with Gasteiger partial charge < -0.3 is 10.1 Å². The second-order valence-corrected chi connectivity index (χ2v) is 5.09. The van der Waals surface area contributed by atoms with E-state index in [0.717, 1.165) is 22.6 Å². The summed E-state index contributed by atoms with van der Waals surface area (Å²) >= 11 is 0. The second-order valence-electron chi connectivity index (χ2n) is 5.09. The minimum atomic E-state index is -0.176. The molecule has 0 saturated carbocycles. The third-order valence-corrected chi connectivity index (χ3v) is 3.44. The van der Waals surface area contributed by atoms with Gasteiger partial charge in [-0.2, -0.15) is 5.10 Å². The number of nitrogens with zero attached hydrogens (tertiary/aromatic N) is 3. The lowest BCUT2D eigenvalue weighted by molar-refractivity contribution is -0.143. The van der Waals surface area contributed by atoms with Gasteiger partial charge in [0.05, 0.1) is 18.7 Å². The first-order chi connectivity index (χ1) is 10.0.